The highest BCUT2D eigenvalue weighted by molar-refractivity contribution is 5.79. The zero-order chi connectivity index (χ0) is 17.4. The summed E-state index contributed by atoms with van der Waals surface area (Å²) < 4.78 is 11.2. The monoisotopic (exact) mass is 333 g/mol. The third kappa shape index (κ3) is 6.04. The number of hydrogen-bond donors (Lipinski definition) is 1. The molecule has 0 spiro atoms. The van der Waals surface area contributed by atoms with Crippen LogP contribution in [-0.2, 0) is 11.3 Å². The normalized spacial score (nSPS) is 18.0. The summed E-state index contributed by atoms with van der Waals surface area (Å²) in [6.07, 6.45) is 1.14. The van der Waals surface area contributed by atoms with Crippen LogP contribution in [0.2, 0.25) is 0 Å². The van der Waals surface area contributed by atoms with Crippen molar-refractivity contribution in [1.29, 1.82) is 0 Å². The average molecular weight is 333 g/mol. The Morgan fingerprint density at radius 3 is 2.71 bits per heavy atom. The van der Waals surface area contributed by atoms with Crippen LogP contribution in [0.3, 0.4) is 0 Å². The molecule has 2 rings (SSSR count). The average Bonchev–Trinajstić information content (AvgIpc) is 3.07. The third-order valence-corrected chi connectivity index (χ3v) is 4.09. The van der Waals surface area contributed by atoms with E-state index in [4.69, 9.17) is 9.47 Å². The molecule has 0 bridgehead atoms. The fraction of sp³-hybridized carbons (Fsp3) is 0.632. The van der Waals surface area contributed by atoms with E-state index in [1.807, 2.05) is 19.2 Å². The van der Waals surface area contributed by atoms with Crippen molar-refractivity contribution in [2.75, 3.05) is 40.5 Å². The molecule has 1 aromatic rings. The maximum atomic E-state index is 5.72. The lowest BCUT2D eigenvalue weighted by molar-refractivity contribution is 0.181. The van der Waals surface area contributed by atoms with Crippen LogP contribution in [0.5, 0.6) is 5.75 Å². The van der Waals surface area contributed by atoms with Crippen molar-refractivity contribution in [2.45, 2.75) is 26.8 Å². The zero-order valence-electron chi connectivity index (χ0n) is 15.4. The molecular formula is C19H31N3O2. The molecule has 0 amide bonds. The number of benzene rings is 1. The Labute approximate surface area is 146 Å². The summed E-state index contributed by atoms with van der Waals surface area (Å²) in [6.45, 7) is 8.52. The largest absolute Gasteiger partial charge is 0.493 e. The number of guanidine groups is 1. The lowest BCUT2D eigenvalue weighted by Crippen LogP contribution is -2.41. The van der Waals surface area contributed by atoms with Crippen molar-refractivity contribution in [2.24, 2.45) is 16.8 Å². The molecule has 24 heavy (non-hydrogen) atoms. The lowest BCUT2D eigenvalue weighted by Gasteiger charge is -2.24. The lowest BCUT2D eigenvalue weighted by atomic mass is 10.1. The minimum atomic E-state index is 0.537. The number of rotatable bonds is 7. The number of hydrogen-bond acceptors (Lipinski definition) is 3. The highest BCUT2D eigenvalue weighted by Crippen LogP contribution is 2.14. The second kappa shape index (κ2) is 9.52. The topological polar surface area (TPSA) is 46.1 Å². The molecule has 1 fully saturated rings. The van der Waals surface area contributed by atoms with Gasteiger partial charge in [0.05, 0.1) is 13.2 Å². The van der Waals surface area contributed by atoms with Crippen LogP contribution in [0.25, 0.3) is 0 Å². The van der Waals surface area contributed by atoms with Gasteiger partial charge < -0.3 is 19.7 Å². The first-order valence-corrected chi connectivity index (χ1v) is 8.79. The maximum Gasteiger partial charge on any atom is 0.193 e. The first-order chi connectivity index (χ1) is 11.6. The molecule has 5 heteroatoms. The molecule has 0 aromatic heterocycles. The van der Waals surface area contributed by atoms with Crippen LogP contribution in [-0.4, -0.2) is 51.3 Å². The summed E-state index contributed by atoms with van der Waals surface area (Å²) in [5.41, 5.74) is 1.21. The molecule has 1 unspecified atom stereocenters. The maximum absolute atomic E-state index is 5.72. The molecule has 1 aliphatic rings. The van der Waals surface area contributed by atoms with Crippen LogP contribution in [0, 0.1) is 11.8 Å². The molecule has 1 heterocycles. The summed E-state index contributed by atoms with van der Waals surface area (Å²) in [5, 5.41) is 3.42. The van der Waals surface area contributed by atoms with Gasteiger partial charge in [0.25, 0.3) is 0 Å². The smallest absolute Gasteiger partial charge is 0.193 e. The van der Waals surface area contributed by atoms with Crippen molar-refractivity contribution in [3.8, 4) is 5.75 Å². The van der Waals surface area contributed by atoms with E-state index in [0.717, 1.165) is 51.0 Å². The van der Waals surface area contributed by atoms with E-state index in [9.17, 15) is 0 Å². The van der Waals surface area contributed by atoms with Gasteiger partial charge in [0, 0.05) is 39.7 Å². The molecule has 0 saturated carbocycles. The standard InChI is InChI=1S/C19H31N3O2/c1-15(2)13-24-18-7-5-16(6-8-18)11-21-19(20-3)22(4)12-17-9-10-23-14-17/h5-8,15,17H,9-14H2,1-4H3,(H,20,21). The van der Waals surface area contributed by atoms with Crippen molar-refractivity contribution in [3.05, 3.63) is 29.8 Å². The van der Waals surface area contributed by atoms with Gasteiger partial charge in [0.1, 0.15) is 5.75 Å². The predicted octanol–water partition coefficient (Wildman–Crippen LogP) is 2.77. The Balaban J connectivity index is 1.79. The van der Waals surface area contributed by atoms with Gasteiger partial charge >= 0.3 is 0 Å². The van der Waals surface area contributed by atoms with Gasteiger partial charge in [0.15, 0.2) is 5.96 Å². The highest BCUT2D eigenvalue weighted by atomic mass is 16.5. The molecule has 5 nitrogen and oxygen atoms in total. The van der Waals surface area contributed by atoms with E-state index in [2.05, 4.69) is 48.2 Å². The van der Waals surface area contributed by atoms with Crippen LogP contribution >= 0.6 is 0 Å². The van der Waals surface area contributed by atoms with Crippen molar-refractivity contribution < 1.29 is 9.47 Å². The molecule has 1 N–H and O–H groups in total. The summed E-state index contributed by atoms with van der Waals surface area (Å²) in [6, 6.07) is 8.25. The molecule has 134 valence electrons. The quantitative estimate of drug-likeness (QED) is 0.616. The summed E-state index contributed by atoms with van der Waals surface area (Å²) >= 11 is 0. The number of aliphatic imine (C=N–C) groups is 1. The molecule has 1 saturated heterocycles. The van der Waals surface area contributed by atoms with E-state index < -0.39 is 0 Å². The minimum absolute atomic E-state index is 0.537. The Hall–Kier alpha value is -1.75. The fourth-order valence-corrected chi connectivity index (χ4v) is 2.73. The molecule has 0 aliphatic carbocycles. The molecule has 1 atom stereocenters. The van der Waals surface area contributed by atoms with E-state index in [1.54, 1.807) is 0 Å². The Morgan fingerprint density at radius 2 is 2.12 bits per heavy atom. The first-order valence-electron chi connectivity index (χ1n) is 8.79. The van der Waals surface area contributed by atoms with E-state index >= 15 is 0 Å². The third-order valence-electron chi connectivity index (χ3n) is 4.09. The number of nitrogens with one attached hydrogen (secondary N) is 1. The molecular weight excluding hydrogens is 302 g/mol. The van der Waals surface area contributed by atoms with Crippen LogP contribution in [0.1, 0.15) is 25.8 Å². The Kier molecular flexibility index (Phi) is 7.37. The second-order valence-corrected chi connectivity index (χ2v) is 6.86. The summed E-state index contributed by atoms with van der Waals surface area (Å²) in [4.78, 5) is 6.56. The molecule has 0 radical (unpaired) electrons. The van der Waals surface area contributed by atoms with Gasteiger partial charge in [-0.2, -0.15) is 0 Å². The van der Waals surface area contributed by atoms with Gasteiger partial charge in [-0.3, -0.25) is 4.99 Å². The van der Waals surface area contributed by atoms with Gasteiger partial charge in [0.2, 0.25) is 0 Å². The van der Waals surface area contributed by atoms with E-state index in [-0.39, 0.29) is 0 Å². The Bertz CT molecular complexity index is 508. The van der Waals surface area contributed by atoms with Gasteiger partial charge in [-0.25, -0.2) is 0 Å². The molecule has 1 aromatic carbocycles. The van der Waals surface area contributed by atoms with Gasteiger partial charge in [-0.1, -0.05) is 26.0 Å². The second-order valence-electron chi connectivity index (χ2n) is 6.86. The Morgan fingerprint density at radius 1 is 1.38 bits per heavy atom. The van der Waals surface area contributed by atoms with E-state index in [0.29, 0.717) is 11.8 Å². The predicted molar refractivity (Wildman–Crippen MR) is 98.5 cm³/mol. The van der Waals surface area contributed by atoms with E-state index in [1.165, 1.54) is 5.56 Å². The van der Waals surface area contributed by atoms with Crippen LogP contribution in [0.4, 0.5) is 0 Å². The minimum Gasteiger partial charge on any atom is -0.493 e. The van der Waals surface area contributed by atoms with Crippen molar-refractivity contribution in [1.82, 2.24) is 10.2 Å². The number of nitrogens with zero attached hydrogens (tertiary/aromatic N) is 2. The number of ether oxygens (including phenoxy) is 2. The highest BCUT2D eigenvalue weighted by Gasteiger charge is 2.18. The SMILES string of the molecule is CN=C(NCc1ccc(OCC(C)C)cc1)N(C)CC1CCOC1. The van der Waals surface area contributed by atoms with Crippen LogP contribution < -0.4 is 10.1 Å². The summed E-state index contributed by atoms with van der Waals surface area (Å²) in [7, 11) is 3.91. The van der Waals surface area contributed by atoms with Gasteiger partial charge in [-0.15, -0.1) is 0 Å². The summed E-state index contributed by atoms with van der Waals surface area (Å²) in [5.74, 6) is 2.98. The molecule has 1 aliphatic heterocycles. The van der Waals surface area contributed by atoms with Crippen molar-refractivity contribution >= 4 is 5.96 Å². The first kappa shape index (κ1) is 18.6. The van der Waals surface area contributed by atoms with Crippen molar-refractivity contribution in [3.63, 3.8) is 0 Å². The van der Waals surface area contributed by atoms with Gasteiger partial charge in [-0.05, 0) is 30.0 Å². The fourth-order valence-electron chi connectivity index (χ4n) is 2.73. The zero-order valence-corrected chi connectivity index (χ0v) is 15.4. The van der Waals surface area contributed by atoms with Crippen LogP contribution in [0.15, 0.2) is 29.3 Å².